The molecule has 0 spiro atoms. The molecule has 0 fully saturated rings. The van der Waals surface area contributed by atoms with Crippen LogP contribution in [-0.4, -0.2) is 11.0 Å². The maximum absolute atomic E-state index is 13.3. The zero-order chi connectivity index (χ0) is 18.1. The van der Waals surface area contributed by atoms with Crippen LogP contribution in [0.5, 0.6) is 0 Å². The third-order valence-electron chi connectivity index (χ3n) is 4.70. The van der Waals surface area contributed by atoms with Crippen molar-refractivity contribution in [1.82, 2.24) is 0 Å². The van der Waals surface area contributed by atoms with E-state index in [-0.39, 0.29) is 5.91 Å². The van der Waals surface area contributed by atoms with Gasteiger partial charge in [0.05, 0.1) is 0 Å². The summed E-state index contributed by atoms with van der Waals surface area (Å²) in [5.41, 5.74) is 2.17. The lowest BCUT2D eigenvalue weighted by Crippen LogP contribution is -2.44. The monoisotopic (exact) mass is 341 g/mol. The maximum Gasteiger partial charge on any atom is 0.261 e. The van der Waals surface area contributed by atoms with Gasteiger partial charge >= 0.3 is 0 Å². The molecule has 0 saturated carbocycles. The van der Waals surface area contributed by atoms with Crippen LogP contribution in [0.15, 0.2) is 91.0 Å². The number of rotatable bonds is 3. The number of hydrogen-bond donors (Lipinski definition) is 1. The highest BCUT2D eigenvalue weighted by Crippen LogP contribution is 2.42. The molecule has 3 heteroatoms. The van der Waals surface area contributed by atoms with Crippen molar-refractivity contribution < 1.29 is 9.90 Å². The number of carbonyl (C=O) groups excluding carboxylic acids is 1. The molecule has 1 heterocycles. The average Bonchev–Trinajstić information content (AvgIpc) is 2.96. The first-order chi connectivity index (χ1) is 12.6. The lowest BCUT2D eigenvalue weighted by molar-refractivity contribution is -0.115. The summed E-state index contributed by atoms with van der Waals surface area (Å²) >= 11 is 0. The lowest BCUT2D eigenvalue weighted by atomic mass is 10.00. The minimum absolute atomic E-state index is 0.216. The van der Waals surface area contributed by atoms with Crippen molar-refractivity contribution in [2.75, 3.05) is 4.90 Å². The molecular weight excluding hydrogens is 322 g/mol. The van der Waals surface area contributed by atoms with Crippen molar-refractivity contribution in [1.29, 1.82) is 0 Å². The normalized spacial score (nSPS) is 19.5. The van der Waals surface area contributed by atoms with Crippen LogP contribution in [0.25, 0.3) is 5.57 Å². The van der Waals surface area contributed by atoms with Crippen molar-refractivity contribution in [3.63, 3.8) is 0 Å². The van der Waals surface area contributed by atoms with Gasteiger partial charge in [-0.25, -0.2) is 0 Å². The summed E-state index contributed by atoms with van der Waals surface area (Å²) in [6.07, 6.45) is 1.65. The smallest absolute Gasteiger partial charge is 0.261 e. The topological polar surface area (TPSA) is 40.5 Å². The Kier molecular flexibility index (Phi) is 3.94. The third kappa shape index (κ3) is 2.63. The van der Waals surface area contributed by atoms with E-state index in [9.17, 15) is 9.90 Å². The van der Waals surface area contributed by atoms with E-state index in [4.69, 9.17) is 0 Å². The minimum Gasteiger partial charge on any atom is -0.363 e. The predicted molar refractivity (Wildman–Crippen MR) is 103 cm³/mol. The minimum atomic E-state index is -1.53. The number of benzene rings is 3. The van der Waals surface area contributed by atoms with Gasteiger partial charge in [0.15, 0.2) is 5.72 Å². The van der Waals surface area contributed by atoms with Crippen molar-refractivity contribution >= 4 is 17.2 Å². The van der Waals surface area contributed by atoms with Crippen LogP contribution < -0.4 is 4.90 Å². The van der Waals surface area contributed by atoms with Gasteiger partial charge in [0, 0.05) is 16.8 Å². The van der Waals surface area contributed by atoms with Crippen LogP contribution in [-0.2, 0) is 10.5 Å². The molecule has 1 unspecified atom stereocenters. The second kappa shape index (κ2) is 6.28. The summed E-state index contributed by atoms with van der Waals surface area (Å²) in [6.45, 7) is 1.99. The van der Waals surface area contributed by atoms with E-state index in [1.807, 2.05) is 91.9 Å². The fourth-order valence-electron chi connectivity index (χ4n) is 3.33. The molecule has 3 aromatic carbocycles. The highest BCUT2D eigenvalue weighted by atomic mass is 16.3. The van der Waals surface area contributed by atoms with Gasteiger partial charge in [0.25, 0.3) is 5.91 Å². The fraction of sp³-hybridized carbons (Fsp3) is 0.0870. The first kappa shape index (κ1) is 16.3. The van der Waals surface area contributed by atoms with Crippen molar-refractivity contribution in [3.8, 4) is 0 Å². The van der Waals surface area contributed by atoms with E-state index >= 15 is 0 Å². The van der Waals surface area contributed by atoms with E-state index in [1.165, 1.54) is 4.90 Å². The number of aryl methyl sites for hydroxylation is 1. The van der Waals surface area contributed by atoms with Crippen LogP contribution in [0.4, 0.5) is 5.69 Å². The molecule has 1 aliphatic rings. The van der Waals surface area contributed by atoms with Crippen molar-refractivity contribution in [2.45, 2.75) is 12.6 Å². The molecule has 4 rings (SSSR count). The van der Waals surface area contributed by atoms with E-state index in [0.717, 1.165) is 11.1 Å². The van der Waals surface area contributed by atoms with Crippen LogP contribution >= 0.6 is 0 Å². The van der Waals surface area contributed by atoms with E-state index < -0.39 is 5.72 Å². The first-order valence-electron chi connectivity index (χ1n) is 8.57. The van der Waals surface area contributed by atoms with Gasteiger partial charge in [-0.05, 0) is 30.7 Å². The largest absolute Gasteiger partial charge is 0.363 e. The molecule has 1 atom stereocenters. The van der Waals surface area contributed by atoms with Crippen LogP contribution in [0.1, 0.15) is 16.7 Å². The Balaban J connectivity index is 1.89. The first-order valence-corrected chi connectivity index (χ1v) is 8.57. The van der Waals surface area contributed by atoms with E-state index in [2.05, 4.69) is 0 Å². The Morgan fingerprint density at radius 3 is 2.00 bits per heavy atom. The summed E-state index contributed by atoms with van der Waals surface area (Å²) in [5.74, 6) is -0.216. The molecule has 1 aliphatic heterocycles. The lowest BCUT2D eigenvalue weighted by Gasteiger charge is -2.33. The Bertz CT molecular complexity index is 962. The molecule has 3 nitrogen and oxygen atoms in total. The SMILES string of the molecule is Cc1ccc(N2C(=O)C(c3ccccc3)=CC2(O)c2ccccc2)cc1. The number of anilines is 1. The number of carbonyl (C=O) groups is 1. The summed E-state index contributed by atoms with van der Waals surface area (Å²) in [5, 5.41) is 11.6. The molecular formula is C23H19NO2. The molecule has 26 heavy (non-hydrogen) atoms. The number of amides is 1. The average molecular weight is 341 g/mol. The maximum atomic E-state index is 13.3. The second-order valence-corrected chi connectivity index (χ2v) is 6.49. The molecule has 1 N–H and O–H groups in total. The van der Waals surface area contributed by atoms with Crippen LogP contribution in [0.2, 0.25) is 0 Å². The van der Waals surface area contributed by atoms with Gasteiger partial charge in [-0.2, -0.15) is 0 Å². The van der Waals surface area contributed by atoms with Crippen molar-refractivity contribution in [2.24, 2.45) is 0 Å². The second-order valence-electron chi connectivity index (χ2n) is 6.49. The van der Waals surface area contributed by atoms with E-state index in [1.54, 1.807) is 6.08 Å². The zero-order valence-corrected chi connectivity index (χ0v) is 14.5. The van der Waals surface area contributed by atoms with E-state index in [0.29, 0.717) is 16.8 Å². The van der Waals surface area contributed by atoms with Gasteiger partial charge in [0.1, 0.15) is 0 Å². The van der Waals surface area contributed by atoms with Gasteiger partial charge in [0.2, 0.25) is 0 Å². The third-order valence-corrected chi connectivity index (χ3v) is 4.70. The molecule has 3 aromatic rings. The summed E-state index contributed by atoms with van der Waals surface area (Å²) < 4.78 is 0. The quantitative estimate of drug-likeness (QED) is 0.773. The van der Waals surface area contributed by atoms with Crippen LogP contribution in [0, 0.1) is 6.92 Å². The Hall–Kier alpha value is -3.17. The summed E-state index contributed by atoms with van der Waals surface area (Å²) in [4.78, 5) is 14.7. The zero-order valence-electron chi connectivity index (χ0n) is 14.5. The highest BCUT2D eigenvalue weighted by Gasteiger charge is 2.46. The Labute approximate surface area is 152 Å². The molecule has 0 aromatic heterocycles. The Morgan fingerprint density at radius 2 is 1.38 bits per heavy atom. The van der Waals surface area contributed by atoms with Crippen molar-refractivity contribution in [3.05, 3.63) is 108 Å². The molecule has 0 saturated heterocycles. The predicted octanol–water partition coefficient (Wildman–Crippen LogP) is 4.27. The Morgan fingerprint density at radius 1 is 0.808 bits per heavy atom. The summed E-state index contributed by atoms with van der Waals surface area (Å²) in [7, 11) is 0. The molecule has 1 amide bonds. The molecule has 0 radical (unpaired) electrons. The highest BCUT2D eigenvalue weighted by molar-refractivity contribution is 6.29. The molecule has 0 aliphatic carbocycles. The van der Waals surface area contributed by atoms with Crippen LogP contribution in [0.3, 0.4) is 0 Å². The van der Waals surface area contributed by atoms with Gasteiger partial charge in [-0.15, -0.1) is 0 Å². The fourth-order valence-corrected chi connectivity index (χ4v) is 3.33. The van der Waals surface area contributed by atoms with Gasteiger partial charge in [-0.3, -0.25) is 9.69 Å². The van der Waals surface area contributed by atoms with Gasteiger partial charge in [-0.1, -0.05) is 78.4 Å². The number of nitrogens with zero attached hydrogens (tertiary/aromatic N) is 1. The number of aliphatic hydroxyl groups is 1. The molecule has 0 bridgehead atoms. The summed E-state index contributed by atoms with van der Waals surface area (Å²) in [6, 6.07) is 26.3. The number of hydrogen-bond acceptors (Lipinski definition) is 2. The standard InChI is InChI=1S/C23H19NO2/c1-17-12-14-20(15-13-17)24-22(25)21(18-8-4-2-5-9-18)16-23(24,26)19-10-6-3-7-11-19/h2-16,26H,1H3. The van der Waals surface area contributed by atoms with Gasteiger partial charge < -0.3 is 5.11 Å². The molecule has 128 valence electrons.